The number of ketones is 3. The Kier molecular flexibility index (Phi) is 21.3. The van der Waals surface area contributed by atoms with Crippen LogP contribution in [0.4, 0.5) is 0 Å². The number of unbranched alkanes of at least 4 members (excludes halogenated alkanes) is 6. The first kappa shape index (κ1) is 33.1. The fourth-order valence-electron chi connectivity index (χ4n) is 3.37. The number of carbonyl (C=O) groups is 3. The Morgan fingerprint density at radius 2 is 1.03 bits per heavy atom. The standard InChI is InChI=1S/C28H46O7/c1-5-26(33-20-14-8-11-17-23(4)29)24(30)18-12-9-15-21-34-27(6-2)25(31)19-13-10-16-22-35-28(32)7-3/h5-7,26-28,32H,1-3,8-22H2,4H3. The average molecular weight is 495 g/mol. The van der Waals surface area contributed by atoms with Gasteiger partial charge in [0.15, 0.2) is 17.9 Å². The second-order valence-corrected chi connectivity index (χ2v) is 8.62. The molecule has 35 heavy (non-hydrogen) atoms. The van der Waals surface area contributed by atoms with E-state index in [1.54, 1.807) is 13.0 Å². The monoisotopic (exact) mass is 494 g/mol. The largest absolute Gasteiger partial charge is 0.366 e. The van der Waals surface area contributed by atoms with E-state index in [2.05, 4.69) is 19.7 Å². The molecule has 7 nitrogen and oxygen atoms in total. The molecule has 0 aliphatic carbocycles. The van der Waals surface area contributed by atoms with E-state index in [4.69, 9.17) is 14.2 Å². The van der Waals surface area contributed by atoms with Crippen LogP contribution in [0.15, 0.2) is 38.0 Å². The van der Waals surface area contributed by atoms with Gasteiger partial charge in [0.2, 0.25) is 0 Å². The van der Waals surface area contributed by atoms with Crippen LogP contribution in [0.2, 0.25) is 0 Å². The number of rotatable bonds is 26. The normalized spacial score (nSPS) is 13.5. The van der Waals surface area contributed by atoms with E-state index in [-0.39, 0.29) is 17.3 Å². The van der Waals surface area contributed by atoms with Gasteiger partial charge < -0.3 is 24.1 Å². The van der Waals surface area contributed by atoms with Gasteiger partial charge in [-0.25, -0.2) is 0 Å². The van der Waals surface area contributed by atoms with Gasteiger partial charge >= 0.3 is 0 Å². The molecular formula is C28H46O7. The van der Waals surface area contributed by atoms with Crippen LogP contribution in [-0.2, 0) is 28.6 Å². The van der Waals surface area contributed by atoms with Crippen LogP contribution in [-0.4, -0.2) is 60.8 Å². The fraction of sp³-hybridized carbons (Fsp3) is 0.679. The summed E-state index contributed by atoms with van der Waals surface area (Å²) in [4.78, 5) is 35.5. The number of hydrogen-bond acceptors (Lipinski definition) is 7. The van der Waals surface area contributed by atoms with Gasteiger partial charge in [0, 0.05) is 32.5 Å². The summed E-state index contributed by atoms with van der Waals surface area (Å²) in [6.45, 7) is 13.8. The summed E-state index contributed by atoms with van der Waals surface area (Å²) in [5.74, 6) is 0.226. The van der Waals surface area contributed by atoms with Gasteiger partial charge in [0.05, 0.1) is 6.61 Å². The Morgan fingerprint density at radius 3 is 1.40 bits per heavy atom. The average Bonchev–Trinajstić information content (AvgIpc) is 2.84. The molecule has 200 valence electrons. The molecule has 0 spiro atoms. The first-order valence-electron chi connectivity index (χ1n) is 12.8. The highest BCUT2D eigenvalue weighted by Gasteiger charge is 2.16. The summed E-state index contributed by atoms with van der Waals surface area (Å²) in [5, 5.41) is 9.22. The van der Waals surface area contributed by atoms with Crippen molar-refractivity contribution in [1.29, 1.82) is 0 Å². The lowest BCUT2D eigenvalue weighted by atomic mass is 10.1. The van der Waals surface area contributed by atoms with Crippen molar-refractivity contribution >= 4 is 17.3 Å². The lowest BCUT2D eigenvalue weighted by molar-refractivity contribution is -0.128. The van der Waals surface area contributed by atoms with Gasteiger partial charge in [0.25, 0.3) is 0 Å². The SMILES string of the molecule is C=CC(O)OCCCCCC(=O)C(C=C)OCCCCCC(=O)C(C=C)OCCCCCC(C)=O. The molecule has 0 aromatic heterocycles. The summed E-state index contributed by atoms with van der Waals surface area (Å²) >= 11 is 0. The predicted molar refractivity (Wildman–Crippen MR) is 138 cm³/mol. The summed E-state index contributed by atoms with van der Waals surface area (Å²) in [5.41, 5.74) is 0. The van der Waals surface area contributed by atoms with Crippen molar-refractivity contribution in [2.45, 2.75) is 102 Å². The lowest BCUT2D eigenvalue weighted by Gasteiger charge is -2.14. The second kappa shape index (κ2) is 22.5. The van der Waals surface area contributed by atoms with Crippen LogP contribution in [0.3, 0.4) is 0 Å². The molecule has 0 amide bonds. The molecule has 1 N–H and O–H groups in total. The van der Waals surface area contributed by atoms with Crippen LogP contribution in [0.25, 0.3) is 0 Å². The zero-order valence-electron chi connectivity index (χ0n) is 21.6. The maximum Gasteiger partial charge on any atom is 0.173 e. The molecule has 0 bridgehead atoms. The van der Waals surface area contributed by atoms with E-state index >= 15 is 0 Å². The topological polar surface area (TPSA) is 99.1 Å². The van der Waals surface area contributed by atoms with Crippen molar-refractivity contribution in [2.75, 3.05) is 19.8 Å². The smallest absolute Gasteiger partial charge is 0.173 e. The fourth-order valence-corrected chi connectivity index (χ4v) is 3.37. The third-order valence-corrected chi connectivity index (χ3v) is 5.46. The van der Waals surface area contributed by atoms with Crippen LogP contribution >= 0.6 is 0 Å². The second-order valence-electron chi connectivity index (χ2n) is 8.62. The summed E-state index contributed by atoms with van der Waals surface area (Å²) in [6.07, 6.45) is 10.9. The van der Waals surface area contributed by atoms with E-state index in [1.165, 1.54) is 12.2 Å². The van der Waals surface area contributed by atoms with Gasteiger partial charge in [-0.3, -0.25) is 9.59 Å². The molecule has 0 aliphatic rings. The molecule has 0 radical (unpaired) electrons. The summed E-state index contributed by atoms with van der Waals surface area (Å²) in [7, 11) is 0. The molecule has 0 saturated carbocycles. The highest BCUT2D eigenvalue weighted by atomic mass is 16.6. The molecule has 0 fully saturated rings. The number of aliphatic hydroxyl groups is 1. The Bertz CT molecular complexity index is 629. The van der Waals surface area contributed by atoms with E-state index < -0.39 is 18.5 Å². The van der Waals surface area contributed by atoms with Crippen LogP contribution < -0.4 is 0 Å². The molecule has 0 heterocycles. The van der Waals surface area contributed by atoms with E-state index in [0.29, 0.717) is 39.1 Å². The highest BCUT2D eigenvalue weighted by molar-refractivity contribution is 5.85. The van der Waals surface area contributed by atoms with E-state index in [9.17, 15) is 19.5 Å². The molecule has 7 heteroatoms. The molecule has 0 aromatic carbocycles. The summed E-state index contributed by atoms with van der Waals surface area (Å²) in [6, 6.07) is 0. The molecule has 0 saturated heterocycles. The van der Waals surface area contributed by atoms with Crippen molar-refractivity contribution in [3.05, 3.63) is 38.0 Å². The van der Waals surface area contributed by atoms with E-state index in [0.717, 1.165) is 57.8 Å². The van der Waals surface area contributed by atoms with Crippen LogP contribution in [0, 0.1) is 0 Å². The maximum absolute atomic E-state index is 12.3. The Labute approximate surface area is 211 Å². The van der Waals surface area contributed by atoms with Crippen molar-refractivity contribution in [1.82, 2.24) is 0 Å². The Morgan fingerprint density at radius 1 is 0.629 bits per heavy atom. The lowest BCUT2D eigenvalue weighted by Crippen LogP contribution is -2.23. The minimum Gasteiger partial charge on any atom is -0.366 e. The molecular weight excluding hydrogens is 448 g/mol. The Balaban J connectivity index is 3.87. The minimum absolute atomic E-state index is 0.00879. The first-order valence-corrected chi connectivity index (χ1v) is 12.8. The zero-order valence-corrected chi connectivity index (χ0v) is 21.6. The van der Waals surface area contributed by atoms with E-state index in [1.807, 2.05) is 0 Å². The number of ether oxygens (including phenoxy) is 3. The van der Waals surface area contributed by atoms with Crippen LogP contribution in [0.5, 0.6) is 0 Å². The number of hydrogen-bond donors (Lipinski definition) is 1. The van der Waals surface area contributed by atoms with Crippen molar-refractivity contribution in [3.8, 4) is 0 Å². The minimum atomic E-state index is -0.940. The molecule has 3 unspecified atom stereocenters. The summed E-state index contributed by atoms with van der Waals surface area (Å²) < 4.78 is 16.4. The number of Topliss-reactive ketones (excluding diaryl/α,β-unsaturated/α-hetero) is 3. The predicted octanol–water partition coefficient (Wildman–Crippen LogP) is 5.06. The zero-order chi connectivity index (χ0) is 26.3. The van der Waals surface area contributed by atoms with Crippen LogP contribution in [0.1, 0.15) is 84.0 Å². The highest BCUT2D eigenvalue weighted by Crippen LogP contribution is 2.11. The third kappa shape index (κ3) is 19.0. The quantitative estimate of drug-likeness (QED) is 0.102. The number of carbonyl (C=O) groups excluding carboxylic acids is 3. The van der Waals surface area contributed by atoms with Gasteiger partial charge in [-0.15, -0.1) is 13.2 Å². The molecule has 0 aliphatic heterocycles. The van der Waals surface area contributed by atoms with Gasteiger partial charge in [-0.1, -0.05) is 38.0 Å². The first-order chi connectivity index (χ1) is 16.8. The molecule has 0 aromatic rings. The number of aliphatic hydroxyl groups excluding tert-OH is 1. The molecule has 0 rings (SSSR count). The van der Waals surface area contributed by atoms with Gasteiger partial charge in [-0.2, -0.15) is 0 Å². The van der Waals surface area contributed by atoms with Gasteiger partial charge in [0.1, 0.15) is 18.0 Å². The van der Waals surface area contributed by atoms with Gasteiger partial charge in [-0.05, 0) is 51.5 Å². The third-order valence-electron chi connectivity index (χ3n) is 5.46. The van der Waals surface area contributed by atoms with Crippen molar-refractivity contribution in [3.63, 3.8) is 0 Å². The van der Waals surface area contributed by atoms with Crippen molar-refractivity contribution < 1.29 is 33.7 Å². The molecule has 3 atom stereocenters. The maximum atomic E-state index is 12.3. The Hall–Kier alpha value is -1.93. The van der Waals surface area contributed by atoms with Crippen molar-refractivity contribution in [2.24, 2.45) is 0 Å².